The number of anilines is 1. The van der Waals surface area contributed by atoms with Gasteiger partial charge in [0.1, 0.15) is 0 Å². The van der Waals surface area contributed by atoms with Gasteiger partial charge in [-0.1, -0.05) is 31.3 Å². The van der Waals surface area contributed by atoms with E-state index in [4.69, 9.17) is 4.98 Å². The molecule has 9 heteroatoms. The molecule has 7 nitrogen and oxygen atoms in total. The van der Waals surface area contributed by atoms with Gasteiger partial charge in [0, 0.05) is 36.2 Å². The molecule has 0 saturated heterocycles. The van der Waals surface area contributed by atoms with Gasteiger partial charge in [-0.05, 0) is 55.3 Å². The maximum Gasteiger partial charge on any atom is 0.269 e. The highest BCUT2D eigenvalue weighted by molar-refractivity contribution is 7.98. The maximum atomic E-state index is 13.2. The first kappa shape index (κ1) is 23.9. The van der Waals surface area contributed by atoms with Gasteiger partial charge in [-0.2, -0.15) is 0 Å². The maximum absolute atomic E-state index is 13.2. The first-order valence-electron chi connectivity index (χ1n) is 10.4. The standard InChI is InChI=1S/C23H26N4O3S2/c1-4-25(5-2)15-16-26(23-24-22-19(31-3)7-6-8-20(22)32-23)21(28)14-11-17-9-12-18(13-10-17)27(29)30/h6-14H,4-5,15-16H2,1-3H3. The number of nitro benzene ring substituents is 1. The molecule has 1 heterocycles. The lowest BCUT2D eigenvalue weighted by Gasteiger charge is -2.23. The molecule has 0 spiro atoms. The van der Waals surface area contributed by atoms with Gasteiger partial charge in [0.05, 0.1) is 15.1 Å². The number of para-hydroxylation sites is 1. The van der Waals surface area contributed by atoms with E-state index in [0.717, 1.165) is 40.3 Å². The molecule has 0 atom stereocenters. The number of non-ortho nitro benzene ring substituents is 1. The SMILES string of the molecule is CCN(CC)CCN(C(=O)C=Cc1ccc([N+](=O)[O-])cc1)c1nc2c(SC)cccc2s1. The lowest BCUT2D eigenvalue weighted by atomic mass is 10.2. The summed E-state index contributed by atoms with van der Waals surface area (Å²) < 4.78 is 1.05. The fourth-order valence-electron chi connectivity index (χ4n) is 3.24. The number of nitro groups is 1. The van der Waals surface area contributed by atoms with Crippen molar-refractivity contribution < 1.29 is 9.72 Å². The summed E-state index contributed by atoms with van der Waals surface area (Å²) in [5.41, 5.74) is 1.66. The van der Waals surface area contributed by atoms with Crippen LogP contribution in [0.1, 0.15) is 19.4 Å². The van der Waals surface area contributed by atoms with Crippen molar-refractivity contribution in [2.45, 2.75) is 18.7 Å². The van der Waals surface area contributed by atoms with E-state index in [0.29, 0.717) is 11.7 Å². The second-order valence-electron chi connectivity index (χ2n) is 7.00. The van der Waals surface area contributed by atoms with Crippen molar-refractivity contribution in [1.82, 2.24) is 9.88 Å². The topological polar surface area (TPSA) is 79.6 Å². The predicted molar refractivity (Wildman–Crippen MR) is 134 cm³/mol. The lowest BCUT2D eigenvalue weighted by Crippen LogP contribution is -2.38. The number of amides is 1. The van der Waals surface area contributed by atoms with Gasteiger partial charge in [0.2, 0.25) is 0 Å². The molecule has 0 aliphatic carbocycles. The molecule has 0 N–H and O–H groups in total. The quantitative estimate of drug-likeness (QED) is 0.173. The Kier molecular flexibility index (Phi) is 8.38. The number of hydrogen-bond donors (Lipinski definition) is 0. The smallest absolute Gasteiger partial charge is 0.269 e. The Labute approximate surface area is 195 Å². The Balaban J connectivity index is 1.88. The number of aromatic nitrogens is 1. The third-order valence-electron chi connectivity index (χ3n) is 5.14. The van der Waals surface area contributed by atoms with E-state index in [9.17, 15) is 14.9 Å². The average molecular weight is 471 g/mol. The number of thioether (sulfide) groups is 1. The normalized spacial score (nSPS) is 11.5. The summed E-state index contributed by atoms with van der Waals surface area (Å²) in [6.45, 7) is 7.30. The van der Waals surface area contributed by atoms with Gasteiger partial charge in [-0.15, -0.1) is 11.8 Å². The average Bonchev–Trinajstić information content (AvgIpc) is 3.24. The highest BCUT2D eigenvalue weighted by atomic mass is 32.2. The molecule has 0 saturated carbocycles. The van der Waals surface area contributed by atoms with E-state index in [1.54, 1.807) is 34.9 Å². The summed E-state index contributed by atoms with van der Waals surface area (Å²) in [5, 5.41) is 11.5. The van der Waals surface area contributed by atoms with Crippen molar-refractivity contribution in [1.29, 1.82) is 0 Å². The number of rotatable bonds is 10. The third-order valence-corrected chi connectivity index (χ3v) is 6.96. The van der Waals surface area contributed by atoms with Crippen LogP contribution in [0.25, 0.3) is 16.3 Å². The number of fused-ring (bicyclic) bond motifs is 1. The van der Waals surface area contributed by atoms with Gasteiger partial charge in [-0.25, -0.2) is 4.98 Å². The highest BCUT2D eigenvalue weighted by Gasteiger charge is 2.19. The number of hydrogen-bond acceptors (Lipinski definition) is 7. The molecular formula is C23H26N4O3S2. The Morgan fingerprint density at radius 3 is 2.50 bits per heavy atom. The van der Waals surface area contributed by atoms with Crippen LogP contribution in [0.2, 0.25) is 0 Å². The van der Waals surface area contributed by atoms with Gasteiger partial charge < -0.3 is 4.90 Å². The molecular weight excluding hydrogens is 444 g/mol. The molecule has 1 amide bonds. The minimum atomic E-state index is -0.441. The summed E-state index contributed by atoms with van der Waals surface area (Å²) >= 11 is 3.15. The minimum Gasteiger partial charge on any atom is -0.302 e. The Hall–Kier alpha value is -2.75. The number of thiazole rings is 1. The van der Waals surface area contributed by atoms with Crippen molar-refractivity contribution in [3.63, 3.8) is 0 Å². The summed E-state index contributed by atoms with van der Waals surface area (Å²) in [7, 11) is 0. The van der Waals surface area contributed by atoms with E-state index in [1.165, 1.54) is 29.5 Å². The summed E-state index contributed by atoms with van der Waals surface area (Å²) in [4.78, 5) is 33.4. The zero-order valence-corrected chi connectivity index (χ0v) is 20.0. The first-order valence-corrected chi connectivity index (χ1v) is 12.4. The van der Waals surface area contributed by atoms with E-state index in [2.05, 4.69) is 18.7 Å². The monoisotopic (exact) mass is 470 g/mol. The molecule has 3 rings (SSSR count). The molecule has 0 bridgehead atoms. The highest BCUT2D eigenvalue weighted by Crippen LogP contribution is 2.34. The predicted octanol–water partition coefficient (Wildman–Crippen LogP) is 5.31. The fraction of sp³-hybridized carbons (Fsp3) is 0.304. The third kappa shape index (κ3) is 5.73. The molecule has 0 radical (unpaired) electrons. The Bertz CT molecular complexity index is 1110. The van der Waals surface area contributed by atoms with Crippen LogP contribution < -0.4 is 4.90 Å². The second kappa shape index (κ2) is 11.2. The Morgan fingerprint density at radius 2 is 1.88 bits per heavy atom. The summed E-state index contributed by atoms with van der Waals surface area (Å²) in [6.07, 6.45) is 5.20. The van der Waals surface area contributed by atoms with E-state index >= 15 is 0 Å². The van der Waals surface area contributed by atoms with Crippen molar-refractivity contribution in [2.75, 3.05) is 37.3 Å². The number of carbonyl (C=O) groups excluding carboxylic acids is 1. The molecule has 0 aliphatic heterocycles. The minimum absolute atomic E-state index is 0.0217. The number of benzene rings is 2. The second-order valence-corrected chi connectivity index (χ2v) is 8.86. The van der Waals surface area contributed by atoms with Crippen molar-refractivity contribution in [3.05, 3.63) is 64.2 Å². The van der Waals surface area contributed by atoms with Crippen LogP contribution >= 0.6 is 23.1 Å². The molecule has 3 aromatic rings. The van der Waals surface area contributed by atoms with Crippen LogP contribution in [0, 0.1) is 10.1 Å². The lowest BCUT2D eigenvalue weighted by molar-refractivity contribution is -0.384. The molecule has 0 aliphatic rings. The molecule has 32 heavy (non-hydrogen) atoms. The molecule has 0 unspecified atom stereocenters. The van der Waals surface area contributed by atoms with Crippen LogP contribution in [0.15, 0.2) is 53.4 Å². The number of nitrogens with zero attached hydrogens (tertiary/aromatic N) is 4. The molecule has 1 aromatic heterocycles. The zero-order valence-electron chi connectivity index (χ0n) is 18.4. The number of likely N-dealkylation sites (N-methyl/N-ethyl adjacent to an activating group) is 1. The van der Waals surface area contributed by atoms with E-state index in [-0.39, 0.29) is 11.6 Å². The van der Waals surface area contributed by atoms with Gasteiger partial charge >= 0.3 is 0 Å². The first-order chi connectivity index (χ1) is 15.5. The molecule has 2 aromatic carbocycles. The van der Waals surface area contributed by atoms with Crippen LogP contribution in [0.3, 0.4) is 0 Å². The zero-order chi connectivity index (χ0) is 23.1. The number of carbonyl (C=O) groups is 1. The fourth-order valence-corrected chi connectivity index (χ4v) is 4.89. The van der Waals surface area contributed by atoms with Crippen molar-refractivity contribution in [2.24, 2.45) is 0 Å². The molecule has 168 valence electrons. The van der Waals surface area contributed by atoms with Crippen molar-refractivity contribution >= 4 is 56.1 Å². The van der Waals surface area contributed by atoms with Gasteiger partial charge in [-0.3, -0.25) is 19.8 Å². The van der Waals surface area contributed by atoms with E-state index < -0.39 is 4.92 Å². The van der Waals surface area contributed by atoms with Crippen molar-refractivity contribution in [3.8, 4) is 0 Å². The van der Waals surface area contributed by atoms with Crippen LogP contribution in [0.4, 0.5) is 10.8 Å². The van der Waals surface area contributed by atoms with E-state index in [1.807, 2.05) is 24.5 Å². The largest absolute Gasteiger partial charge is 0.302 e. The van der Waals surface area contributed by atoms with Crippen LogP contribution in [0.5, 0.6) is 0 Å². The Morgan fingerprint density at radius 1 is 1.16 bits per heavy atom. The molecule has 0 fully saturated rings. The van der Waals surface area contributed by atoms with Crippen LogP contribution in [-0.2, 0) is 4.79 Å². The van der Waals surface area contributed by atoms with Crippen LogP contribution in [-0.4, -0.2) is 53.1 Å². The summed E-state index contributed by atoms with van der Waals surface area (Å²) in [5.74, 6) is -0.166. The summed E-state index contributed by atoms with van der Waals surface area (Å²) in [6, 6.07) is 12.2. The van der Waals surface area contributed by atoms with Gasteiger partial charge in [0.25, 0.3) is 11.6 Å². The van der Waals surface area contributed by atoms with Gasteiger partial charge in [0.15, 0.2) is 5.13 Å².